The maximum absolute atomic E-state index is 11.5. The number of benzene rings is 2. The number of sulfonamides is 1. The second-order valence-corrected chi connectivity index (χ2v) is 7.54. The minimum Gasteiger partial charge on any atom is -0.352 e. The molecule has 0 saturated carbocycles. The Morgan fingerprint density at radius 2 is 1.62 bits per heavy atom. The molecule has 0 saturated heterocycles. The van der Waals surface area contributed by atoms with Crippen molar-refractivity contribution in [3.63, 3.8) is 0 Å². The molecule has 0 aliphatic carbocycles. The normalized spacial score (nSPS) is 11.4. The molecule has 0 aliphatic rings. The Kier molecular flexibility index (Phi) is 8.86. The third-order valence-corrected chi connectivity index (χ3v) is 4.15. The molecule has 142 valence electrons. The first-order chi connectivity index (χ1) is 11.9. The number of hydrogen-bond donors (Lipinski definition) is 3. The van der Waals surface area contributed by atoms with E-state index in [0.717, 1.165) is 17.4 Å². The number of aryl methyl sites for hydroxylation is 1. The number of guanidine groups is 1. The predicted molar refractivity (Wildman–Crippen MR) is 119 cm³/mol. The van der Waals surface area contributed by atoms with E-state index in [1.165, 1.54) is 5.56 Å². The summed E-state index contributed by atoms with van der Waals surface area (Å²) < 4.78 is 25.5. The Hall–Kier alpha value is -1.81. The van der Waals surface area contributed by atoms with Crippen LogP contribution in [-0.4, -0.2) is 27.7 Å². The number of nitrogens with zero attached hydrogens (tertiary/aromatic N) is 1. The first kappa shape index (κ1) is 22.2. The predicted octanol–water partition coefficient (Wildman–Crippen LogP) is 2.85. The standard InChI is InChI=1S/C18H24N4O2S.HI/c1-14-8-10-15(11-9-14)12-20-18(19-2)21-13-16-6-4-5-7-17(16)22-25(3,23)24;/h4-11,22H,12-13H2,1-3H3,(H2,19,20,21);1H. The molecule has 2 aromatic rings. The van der Waals surface area contributed by atoms with Gasteiger partial charge in [0, 0.05) is 20.1 Å². The smallest absolute Gasteiger partial charge is 0.229 e. The van der Waals surface area contributed by atoms with Crippen LogP contribution in [-0.2, 0) is 23.1 Å². The molecular formula is C18H25IN4O2S. The van der Waals surface area contributed by atoms with Gasteiger partial charge in [0.2, 0.25) is 10.0 Å². The third kappa shape index (κ3) is 7.61. The van der Waals surface area contributed by atoms with Crippen molar-refractivity contribution in [2.24, 2.45) is 4.99 Å². The maximum Gasteiger partial charge on any atom is 0.229 e. The highest BCUT2D eigenvalue weighted by atomic mass is 127. The van der Waals surface area contributed by atoms with Gasteiger partial charge in [-0.05, 0) is 24.1 Å². The van der Waals surface area contributed by atoms with Gasteiger partial charge >= 0.3 is 0 Å². The number of rotatable bonds is 6. The van der Waals surface area contributed by atoms with Gasteiger partial charge in [-0.15, -0.1) is 24.0 Å². The molecular weight excluding hydrogens is 463 g/mol. The van der Waals surface area contributed by atoms with Gasteiger partial charge < -0.3 is 10.6 Å². The molecule has 26 heavy (non-hydrogen) atoms. The van der Waals surface area contributed by atoms with Crippen LogP contribution >= 0.6 is 24.0 Å². The zero-order chi connectivity index (χ0) is 18.3. The summed E-state index contributed by atoms with van der Waals surface area (Å²) in [5.74, 6) is 0.648. The van der Waals surface area contributed by atoms with E-state index < -0.39 is 10.0 Å². The summed E-state index contributed by atoms with van der Waals surface area (Å²) >= 11 is 0. The van der Waals surface area contributed by atoms with Gasteiger partial charge in [0.1, 0.15) is 0 Å². The topological polar surface area (TPSA) is 82.6 Å². The molecule has 0 atom stereocenters. The van der Waals surface area contributed by atoms with Crippen LogP contribution in [0.2, 0.25) is 0 Å². The van der Waals surface area contributed by atoms with Crippen LogP contribution < -0.4 is 15.4 Å². The largest absolute Gasteiger partial charge is 0.352 e. The number of halogens is 1. The van der Waals surface area contributed by atoms with Crippen LogP contribution in [0.25, 0.3) is 0 Å². The SMILES string of the molecule is CN=C(NCc1ccc(C)cc1)NCc1ccccc1NS(C)(=O)=O.I. The molecule has 0 aromatic heterocycles. The Morgan fingerprint density at radius 1 is 1.00 bits per heavy atom. The fourth-order valence-corrected chi connectivity index (χ4v) is 2.86. The van der Waals surface area contributed by atoms with Gasteiger partial charge in [-0.25, -0.2) is 8.42 Å². The summed E-state index contributed by atoms with van der Waals surface area (Å²) in [6.07, 6.45) is 1.14. The number of anilines is 1. The molecule has 8 heteroatoms. The number of aliphatic imine (C=N–C) groups is 1. The van der Waals surface area contributed by atoms with Crippen LogP contribution in [0.3, 0.4) is 0 Å². The molecule has 0 spiro atoms. The third-order valence-electron chi connectivity index (χ3n) is 3.56. The van der Waals surface area contributed by atoms with Gasteiger partial charge in [0.25, 0.3) is 0 Å². The minimum atomic E-state index is -3.32. The van der Waals surface area contributed by atoms with Crippen molar-refractivity contribution < 1.29 is 8.42 Å². The van der Waals surface area contributed by atoms with Crippen molar-refractivity contribution in [3.05, 3.63) is 65.2 Å². The van der Waals surface area contributed by atoms with E-state index in [1.54, 1.807) is 19.2 Å². The second-order valence-electron chi connectivity index (χ2n) is 5.80. The maximum atomic E-state index is 11.5. The fraction of sp³-hybridized carbons (Fsp3) is 0.278. The molecule has 0 unspecified atom stereocenters. The van der Waals surface area contributed by atoms with E-state index in [2.05, 4.69) is 51.5 Å². The quantitative estimate of drug-likeness (QED) is 0.332. The van der Waals surface area contributed by atoms with E-state index in [-0.39, 0.29) is 24.0 Å². The first-order valence-electron chi connectivity index (χ1n) is 7.93. The lowest BCUT2D eigenvalue weighted by atomic mass is 10.1. The molecule has 3 N–H and O–H groups in total. The summed E-state index contributed by atoms with van der Waals surface area (Å²) in [6, 6.07) is 15.5. The number of hydrogen-bond acceptors (Lipinski definition) is 3. The molecule has 0 heterocycles. The minimum absolute atomic E-state index is 0. The van der Waals surface area contributed by atoms with Crippen LogP contribution in [0.4, 0.5) is 5.69 Å². The molecule has 2 rings (SSSR count). The second kappa shape index (κ2) is 10.4. The highest BCUT2D eigenvalue weighted by molar-refractivity contribution is 14.0. The average Bonchev–Trinajstić information content (AvgIpc) is 2.56. The van der Waals surface area contributed by atoms with Crippen molar-refractivity contribution in [2.45, 2.75) is 20.0 Å². The lowest BCUT2D eigenvalue weighted by Crippen LogP contribution is -2.36. The van der Waals surface area contributed by atoms with Gasteiger partial charge in [-0.1, -0.05) is 48.0 Å². The van der Waals surface area contributed by atoms with E-state index >= 15 is 0 Å². The molecule has 0 radical (unpaired) electrons. The Bertz CT molecular complexity index is 837. The Morgan fingerprint density at radius 3 is 2.23 bits per heavy atom. The van der Waals surface area contributed by atoms with Crippen LogP contribution in [0.15, 0.2) is 53.5 Å². The summed E-state index contributed by atoms with van der Waals surface area (Å²) in [6.45, 7) is 3.16. The lowest BCUT2D eigenvalue weighted by molar-refractivity contribution is 0.606. The summed E-state index contributed by atoms with van der Waals surface area (Å²) in [5, 5.41) is 6.44. The van der Waals surface area contributed by atoms with Crippen molar-refractivity contribution >= 4 is 45.6 Å². The van der Waals surface area contributed by atoms with Crippen molar-refractivity contribution in [2.75, 3.05) is 18.0 Å². The Labute approximate surface area is 172 Å². The monoisotopic (exact) mass is 488 g/mol. The van der Waals surface area contributed by atoms with Crippen molar-refractivity contribution in [1.82, 2.24) is 10.6 Å². The van der Waals surface area contributed by atoms with E-state index in [0.29, 0.717) is 24.7 Å². The number of para-hydroxylation sites is 1. The molecule has 0 bridgehead atoms. The van der Waals surface area contributed by atoms with Crippen molar-refractivity contribution in [3.8, 4) is 0 Å². The van der Waals surface area contributed by atoms with Crippen LogP contribution in [0, 0.1) is 6.92 Å². The van der Waals surface area contributed by atoms with Gasteiger partial charge in [0.15, 0.2) is 5.96 Å². The zero-order valence-corrected chi connectivity index (χ0v) is 18.3. The van der Waals surface area contributed by atoms with Gasteiger partial charge in [0.05, 0.1) is 11.9 Å². The van der Waals surface area contributed by atoms with Crippen LogP contribution in [0.5, 0.6) is 0 Å². The summed E-state index contributed by atoms with van der Waals surface area (Å²) in [5.41, 5.74) is 3.78. The first-order valence-corrected chi connectivity index (χ1v) is 9.82. The lowest BCUT2D eigenvalue weighted by Gasteiger charge is -2.14. The van der Waals surface area contributed by atoms with Gasteiger partial charge in [-0.3, -0.25) is 9.71 Å². The zero-order valence-electron chi connectivity index (χ0n) is 15.1. The molecule has 0 fully saturated rings. The summed E-state index contributed by atoms with van der Waals surface area (Å²) in [4.78, 5) is 4.20. The highest BCUT2D eigenvalue weighted by Gasteiger charge is 2.07. The number of nitrogens with one attached hydrogen (secondary N) is 3. The van der Waals surface area contributed by atoms with E-state index in [9.17, 15) is 8.42 Å². The van der Waals surface area contributed by atoms with Crippen LogP contribution in [0.1, 0.15) is 16.7 Å². The molecule has 2 aromatic carbocycles. The van der Waals surface area contributed by atoms with E-state index in [4.69, 9.17) is 0 Å². The molecule has 6 nitrogen and oxygen atoms in total. The van der Waals surface area contributed by atoms with E-state index in [1.807, 2.05) is 12.1 Å². The fourth-order valence-electron chi connectivity index (χ4n) is 2.27. The van der Waals surface area contributed by atoms with Gasteiger partial charge in [-0.2, -0.15) is 0 Å². The van der Waals surface area contributed by atoms with Crippen molar-refractivity contribution in [1.29, 1.82) is 0 Å². The Balaban J connectivity index is 0.00000338. The molecule has 0 aliphatic heterocycles. The highest BCUT2D eigenvalue weighted by Crippen LogP contribution is 2.15. The summed E-state index contributed by atoms with van der Waals surface area (Å²) in [7, 11) is -1.62. The molecule has 0 amide bonds. The average molecular weight is 488 g/mol.